The van der Waals surface area contributed by atoms with Crippen molar-refractivity contribution in [1.82, 2.24) is 0 Å². The van der Waals surface area contributed by atoms with E-state index in [1.165, 1.54) is 11.4 Å². The molecule has 5 heteroatoms. The molecule has 86 valence electrons. The number of carbonyl (C=O) groups is 1. The van der Waals surface area contributed by atoms with Crippen molar-refractivity contribution < 1.29 is 13.2 Å². The fourth-order valence-corrected chi connectivity index (χ4v) is 3.12. The summed E-state index contributed by atoms with van der Waals surface area (Å²) in [6, 6.07) is 6.59. The van der Waals surface area contributed by atoms with Gasteiger partial charge in [-0.05, 0) is 25.0 Å². The molecule has 0 bridgehead atoms. The predicted octanol–water partition coefficient (Wildman–Crippen LogP) is 1.43. The standard InChI is InChI=1S/C11H13NO3S/c1-12(16(14,15)11-5-6-11)10-4-2-3-9(7-10)8-13/h2-4,7-8,11H,5-6H2,1H3. The summed E-state index contributed by atoms with van der Waals surface area (Å²) in [6.07, 6.45) is 2.18. The van der Waals surface area contributed by atoms with Gasteiger partial charge in [0.2, 0.25) is 10.0 Å². The molecule has 1 saturated carbocycles. The fraction of sp³-hybridized carbons (Fsp3) is 0.364. The first-order valence-corrected chi connectivity index (χ1v) is 6.59. The van der Waals surface area contributed by atoms with Crippen molar-refractivity contribution in [1.29, 1.82) is 0 Å². The van der Waals surface area contributed by atoms with Gasteiger partial charge in [-0.25, -0.2) is 8.42 Å². The second kappa shape index (κ2) is 3.90. The summed E-state index contributed by atoms with van der Waals surface area (Å²) in [5.41, 5.74) is 1.02. The first-order valence-electron chi connectivity index (χ1n) is 5.08. The van der Waals surface area contributed by atoms with Crippen LogP contribution in [0.1, 0.15) is 23.2 Å². The Hall–Kier alpha value is -1.36. The number of aldehydes is 1. The van der Waals surface area contributed by atoms with E-state index in [4.69, 9.17) is 0 Å². The minimum absolute atomic E-state index is 0.239. The van der Waals surface area contributed by atoms with Crippen LogP contribution in [-0.4, -0.2) is 27.0 Å². The van der Waals surface area contributed by atoms with E-state index in [1.807, 2.05) is 0 Å². The van der Waals surface area contributed by atoms with Crippen molar-refractivity contribution in [3.05, 3.63) is 29.8 Å². The Balaban J connectivity index is 2.32. The summed E-state index contributed by atoms with van der Waals surface area (Å²) in [5.74, 6) is 0. The third kappa shape index (κ3) is 1.95. The molecule has 0 unspecified atom stereocenters. The average Bonchev–Trinajstić information content (AvgIpc) is 3.12. The maximum Gasteiger partial charge on any atom is 0.237 e. The number of hydrogen-bond acceptors (Lipinski definition) is 3. The van der Waals surface area contributed by atoms with Gasteiger partial charge in [-0.15, -0.1) is 0 Å². The van der Waals surface area contributed by atoms with Crippen molar-refractivity contribution in [2.24, 2.45) is 0 Å². The lowest BCUT2D eigenvalue weighted by molar-refractivity contribution is 0.112. The van der Waals surface area contributed by atoms with E-state index >= 15 is 0 Å². The van der Waals surface area contributed by atoms with Gasteiger partial charge in [-0.2, -0.15) is 0 Å². The van der Waals surface area contributed by atoms with Crippen molar-refractivity contribution >= 4 is 22.0 Å². The highest BCUT2D eigenvalue weighted by Crippen LogP contribution is 2.32. The molecule has 1 fully saturated rings. The topological polar surface area (TPSA) is 54.5 Å². The molecule has 1 aromatic carbocycles. The molecule has 1 aliphatic carbocycles. The van der Waals surface area contributed by atoms with Gasteiger partial charge in [0.15, 0.2) is 0 Å². The highest BCUT2D eigenvalue weighted by Gasteiger charge is 2.38. The summed E-state index contributed by atoms with van der Waals surface area (Å²) < 4.78 is 25.1. The lowest BCUT2D eigenvalue weighted by atomic mass is 10.2. The number of anilines is 1. The largest absolute Gasteiger partial charge is 0.298 e. The van der Waals surface area contributed by atoms with Crippen molar-refractivity contribution in [3.8, 4) is 0 Å². The Morgan fingerprint density at radius 2 is 2.06 bits per heavy atom. The SMILES string of the molecule is CN(c1cccc(C=O)c1)S(=O)(=O)C1CC1. The minimum atomic E-state index is -3.23. The predicted molar refractivity (Wildman–Crippen MR) is 62.2 cm³/mol. The molecular formula is C11H13NO3S. The first-order chi connectivity index (χ1) is 7.55. The minimum Gasteiger partial charge on any atom is -0.298 e. The summed E-state index contributed by atoms with van der Waals surface area (Å²) >= 11 is 0. The second-order valence-corrected chi connectivity index (χ2v) is 6.17. The van der Waals surface area contributed by atoms with Crippen molar-refractivity contribution in [2.75, 3.05) is 11.4 Å². The zero-order valence-electron chi connectivity index (χ0n) is 8.96. The quantitative estimate of drug-likeness (QED) is 0.747. The summed E-state index contributed by atoms with van der Waals surface area (Å²) in [6.45, 7) is 0. The second-order valence-electron chi connectivity index (χ2n) is 3.92. The molecule has 0 N–H and O–H groups in total. The van der Waals surface area contributed by atoms with Crippen molar-refractivity contribution in [2.45, 2.75) is 18.1 Å². The molecule has 0 aliphatic heterocycles. The smallest absolute Gasteiger partial charge is 0.237 e. The van der Waals surface area contributed by atoms with Crippen LogP contribution in [0, 0.1) is 0 Å². The van der Waals surface area contributed by atoms with Gasteiger partial charge in [0.1, 0.15) is 6.29 Å². The molecule has 16 heavy (non-hydrogen) atoms. The number of benzene rings is 1. The summed E-state index contributed by atoms with van der Waals surface area (Å²) in [5, 5.41) is -0.239. The average molecular weight is 239 g/mol. The number of nitrogens with zero attached hydrogens (tertiary/aromatic N) is 1. The van der Waals surface area contributed by atoms with Gasteiger partial charge in [-0.3, -0.25) is 9.10 Å². The van der Waals surface area contributed by atoms with Crippen LogP contribution in [0.5, 0.6) is 0 Å². The van der Waals surface area contributed by atoms with Gasteiger partial charge in [0, 0.05) is 12.6 Å². The maximum atomic E-state index is 11.9. The van der Waals surface area contributed by atoms with Gasteiger partial charge < -0.3 is 0 Å². The molecule has 0 heterocycles. The lowest BCUT2D eigenvalue weighted by Gasteiger charge is -2.19. The lowest BCUT2D eigenvalue weighted by Crippen LogP contribution is -2.29. The van der Waals surface area contributed by atoms with Crippen LogP contribution in [0.25, 0.3) is 0 Å². The molecule has 0 radical (unpaired) electrons. The first kappa shape index (κ1) is 11.1. The number of rotatable bonds is 4. The van der Waals surface area contributed by atoms with Crippen LogP contribution in [0.3, 0.4) is 0 Å². The van der Waals surface area contributed by atoms with E-state index < -0.39 is 10.0 Å². The number of sulfonamides is 1. The van der Waals surface area contributed by atoms with Crippen LogP contribution in [0.2, 0.25) is 0 Å². The maximum absolute atomic E-state index is 11.9. The Morgan fingerprint density at radius 3 is 2.62 bits per heavy atom. The van der Waals surface area contributed by atoms with Crippen LogP contribution < -0.4 is 4.31 Å². The highest BCUT2D eigenvalue weighted by molar-refractivity contribution is 7.93. The molecule has 0 saturated heterocycles. The fourth-order valence-electron chi connectivity index (χ4n) is 1.53. The molecule has 0 atom stereocenters. The van der Waals surface area contributed by atoms with Crippen LogP contribution >= 0.6 is 0 Å². The highest BCUT2D eigenvalue weighted by atomic mass is 32.2. The van der Waals surface area contributed by atoms with E-state index in [-0.39, 0.29) is 5.25 Å². The molecule has 4 nitrogen and oxygen atoms in total. The third-order valence-corrected chi connectivity index (χ3v) is 4.99. The van der Waals surface area contributed by atoms with E-state index in [1.54, 1.807) is 24.3 Å². The molecule has 1 aliphatic rings. The molecule has 0 amide bonds. The van der Waals surface area contributed by atoms with Crippen molar-refractivity contribution in [3.63, 3.8) is 0 Å². The zero-order chi connectivity index (χ0) is 11.8. The number of hydrogen-bond donors (Lipinski definition) is 0. The molecule has 1 aromatic rings. The van der Waals surface area contributed by atoms with E-state index in [0.717, 1.165) is 12.8 Å². The third-order valence-electron chi connectivity index (χ3n) is 2.70. The Kier molecular flexibility index (Phi) is 2.71. The normalized spacial score (nSPS) is 15.8. The Bertz CT molecular complexity index is 506. The van der Waals surface area contributed by atoms with Crippen LogP contribution in [0.4, 0.5) is 5.69 Å². The van der Waals surface area contributed by atoms with Crippen LogP contribution in [0.15, 0.2) is 24.3 Å². The molecular weight excluding hydrogens is 226 g/mol. The monoisotopic (exact) mass is 239 g/mol. The van der Waals surface area contributed by atoms with Gasteiger partial charge in [-0.1, -0.05) is 12.1 Å². The molecule has 0 spiro atoms. The zero-order valence-corrected chi connectivity index (χ0v) is 9.78. The number of carbonyl (C=O) groups excluding carboxylic acids is 1. The van der Waals surface area contributed by atoms with Gasteiger partial charge >= 0.3 is 0 Å². The van der Waals surface area contributed by atoms with Gasteiger partial charge in [0.25, 0.3) is 0 Å². The Labute approximate surface area is 94.9 Å². The summed E-state index contributed by atoms with van der Waals surface area (Å²) in [7, 11) is -1.70. The Morgan fingerprint density at radius 1 is 1.38 bits per heavy atom. The summed E-state index contributed by atoms with van der Waals surface area (Å²) in [4.78, 5) is 10.6. The molecule has 2 rings (SSSR count). The van der Waals surface area contributed by atoms with Gasteiger partial charge in [0.05, 0.1) is 10.9 Å². The van der Waals surface area contributed by atoms with E-state index in [2.05, 4.69) is 0 Å². The van der Waals surface area contributed by atoms with E-state index in [9.17, 15) is 13.2 Å². The van der Waals surface area contributed by atoms with E-state index in [0.29, 0.717) is 17.5 Å². The van der Waals surface area contributed by atoms with Crippen LogP contribution in [-0.2, 0) is 10.0 Å². The molecule has 0 aromatic heterocycles.